The van der Waals surface area contributed by atoms with Gasteiger partial charge in [-0.25, -0.2) is 9.88 Å². The first-order valence-corrected chi connectivity index (χ1v) is 10.4. The average Bonchev–Trinajstić information content (AvgIpc) is 3.35. The van der Waals surface area contributed by atoms with Crippen LogP contribution in [0.25, 0.3) is 6.08 Å². The van der Waals surface area contributed by atoms with Crippen LogP contribution in [0, 0.1) is 15.5 Å². The Morgan fingerprint density at radius 1 is 1.23 bits per heavy atom. The van der Waals surface area contributed by atoms with E-state index in [9.17, 15) is 14.9 Å². The number of nitrogens with zero attached hydrogens (tertiary/aromatic N) is 3. The summed E-state index contributed by atoms with van der Waals surface area (Å²) in [5.74, 6) is 0.00467. The van der Waals surface area contributed by atoms with Crippen molar-refractivity contribution in [2.45, 2.75) is 6.61 Å². The summed E-state index contributed by atoms with van der Waals surface area (Å²) in [6, 6.07) is 13.7. The van der Waals surface area contributed by atoms with Gasteiger partial charge >= 0.3 is 0 Å². The van der Waals surface area contributed by atoms with E-state index in [2.05, 4.69) is 4.98 Å². The van der Waals surface area contributed by atoms with Crippen LogP contribution in [0.3, 0.4) is 0 Å². The number of thioether (sulfide) groups is 1. The second-order valence-electron chi connectivity index (χ2n) is 6.12. The number of amidine groups is 1. The maximum Gasteiger partial charge on any atom is 0.273 e. The highest BCUT2D eigenvalue weighted by Gasteiger charge is 2.35. The van der Waals surface area contributed by atoms with E-state index in [4.69, 9.17) is 10.1 Å². The molecule has 2 aromatic carbocycles. The molecule has 1 amide bonds. The molecule has 0 spiro atoms. The topological polar surface area (TPSA) is 109 Å². The molecule has 10 heteroatoms. The van der Waals surface area contributed by atoms with Gasteiger partial charge in [-0.1, -0.05) is 30.3 Å². The fourth-order valence-electron chi connectivity index (χ4n) is 2.76. The number of aromatic nitrogens is 1. The molecule has 1 N–H and O–H groups in total. The Balaban J connectivity index is 1.66. The average molecular weight is 438 g/mol. The number of nitro groups is 1. The summed E-state index contributed by atoms with van der Waals surface area (Å²) in [6.07, 6.45) is 3.07. The van der Waals surface area contributed by atoms with Gasteiger partial charge in [0.2, 0.25) is 0 Å². The molecule has 0 bridgehead atoms. The van der Waals surface area contributed by atoms with E-state index in [1.807, 2.05) is 30.3 Å². The van der Waals surface area contributed by atoms with Gasteiger partial charge in [-0.2, -0.15) is 0 Å². The number of thiazole rings is 1. The molecule has 1 fully saturated rings. The molecule has 30 heavy (non-hydrogen) atoms. The molecule has 150 valence electrons. The third kappa shape index (κ3) is 4.09. The molecule has 1 aromatic heterocycles. The monoisotopic (exact) mass is 438 g/mol. The lowest BCUT2D eigenvalue weighted by atomic mass is 10.1. The first kappa shape index (κ1) is 19.8. The molecular formula is C20H14N4O4S2. The van der Waals surface area contributed by atoms with E-state index < -0.39 is 10.8 Å². The first-order chi connectivity index (χ1) is 14.5. The molecule has 1 saturated heterocycles. The summed E-state index contributed by atoms with van der Waals surface area (Å²) < 4.78 is 5.86. The Morgan fingerprint density at radius 3 is 2.73 bits per heavy atom. The lowest BCUT2D eigenvalue weighted by molar-refractivity contribution is -0.384. The highest BCUT2D eigenvalue weighted by atomic mass is 32.2. The number of carbonyl (C=O) groups excluding carboxylic acids is 1. The third-order valence-electron chi connectivity index (χ3n) is 4.16. The van der Waals surface area contributed by atoms with Crippen molar-refractivity contribution in [3.05, 3.63) is 86.3 Å². The number of benzene rings is 2. The molecule has 0 atom stereocenters. The SMILES string of the molecule is N=C1SC(=Cc2cc([N+](=O)[O-])ccc2OCc2ccccc2)C(=O)N1c1nccs1. The molecule has 0 saturated carbocycles. The molecule has 0 aliphatic carbocycles. The molecule has 3 aromatic rings. The van der Waals surface area contributed by atoms with Gasteiger partial charge in [0, 0.05) is 29.3 Å². The predicted molar refractivity (Wildman–Crippen MR) is 117 cm³/mol. The van der Waals surface area contributed by atoms with Crippen molar-refractivity contribution >= 4 is 51.1 Å². The number of carbonyl (C=O) groups is 1. The van der Waals surface area contributed by atoms with Gasteiger partial charge in [0.1, 0.15) is 12.4 Å². The summed E-state index contributed by atoms with van der Waals surface area (Å²) in [6.45, 7) is 0.275. The van der Waals surface area contributed by atoms with Crippen molar-refractivity contribution in [3.63, 3.8) is 0 Å². The van der Waals surface area contributed by atoms with Gasteiger partial charge < -0.3 is 4.74 Å². The predicted octanol–water partition coefficient (Wildman–Crippen LogP) is 4.69. The highest BCUT2D eigenvalue weighted by Crippen LogP contribution is 2.37. The van der Waals surface area contributed by atoms with Crippen LogP contribution in [-0.4, -0.2) is 21.0 Å². The van der Waals surface area contributed by atoms with Crippen molar-refractivity contribution in [1.82, 2.24) is 4.98 Å². The van der Waals surface area contributed by atoms with Crippen molar-refractivity contribution in [2.24, 2.45) is 0 Å². The van der Waals surface area contributed by atoms with Gasteiger partial charge in [0.15, 0.2) is 10.3 Å². The molecule has 2 heterocycles. The summed E-state index contributed by atoms with van der Waals surface area (Å²) in [5.41, 5.74) is 1.22. The lowest BCUT2D eigenvalue weighted by Crippen LogP contribution is -2.27. The second-order valence-corrected chi connectivity index (χ2v) is 8.03. The fraction of sp³-hybridized carbons (Fsp3) is 0.0500. The minimum atomic E-state index is -0.503. The van der Waals surface area contributed by atoms with Crippen molar-refractivity contribution in [1.29, 1.82) is 5.41 Å². The summed E-state index contributed by atoms with van der Waals surface area (Å²) in [7, 11) is 0. The van der Waals surface area contributed by atoms with Crippen LogP contribution in [0.4, 0.5) is 10.8 Å². The normalized spacial score (nSPS) is 15.1. The third-order valence-corrected chi connectivity index (χ3v) is 5.81. The Hall–Kier alpha value is -3.50. The van der Waals surface area contributed by atoms with E-state index in [-0.39, 0.29) is 22.4 Å². The molecule has 1 aliphatic heterocycles. The zero-order valence-corrected chi connectivity index (χ0v) is 17.0. The molecule has 0 unspecified atom stereocenters. The number of ether oxygens (including phenoxy) is 1. The minimum absolute atomic E-state index is 0.0263. The fourth-order valence-corrected chi connectivity index (χ4v) is 4.29. The summed E-state index contributed by atoms with van der Waals surface area (Å²) >= 11 is 2.22. The Morgan fingerprint density at radius 2 is 2.03 bits per heavy atom. The van der Waals surface area contributed by atoms with Crippen LogP contribution in [0.1, 0.15) is 11.1 Å². The molecule has 4 rings (SSSR count). The van der Waals surface area contributed by atoms with Gasteiger partial charge in [0.05, 0.1) is 9.83 Å². The first-order valence-electron chi connectivity index (χ1n) is 8.70. The Labute approximate surface area is 179 Å². The molecule has 1 aliphatic rings. The van der Waals surface area contributed by atoms with Crippen LogP contribution in [0.2, 0.25) is 0 Å². The molecular weight excluding hydrogens is 424 g/mol. The van der Waals surface area contributed by atoms with Gasteiger partial charge in [0.25, 0.3) is 11.6 Å². The van der Waals surface area contributed by atoms with Crippen molar-refractivity contribution in [3.8, 4) is 5.75 Å². The van der Waals surface area contributed by atoms with E-state index in [1.54, 1.807) is 11.6 Å². The smallest absolute Gasteiger partial charge is 0.273 e. The summed E-state index contributed by atoms with van der Waals surface area (Å²) in [5, 5.41) is 21.5. The number of rotatable bonds is 6. The van der Waals surface area contributed by atoms with Crippen LogP contribution in [-0.2, 0) is 11.4 Å². The number of anilines is 1. The van der Waals surface area contributed by atoms with E-state index in [1.165, 1.54) is 40.5 Å². The van der Waals surface area contributed by atoms with Crippen LogP contribution < -0.4 is 9.64 Å². The largest absolute Gasteiger partial charge is 0.488 e. The Kier molecular flexibility index (Phi) is 5.59. The lowest BCUT2D eigenvalue weighted by Gasteiger charge is -2.10. The van der Waals surface area contributed by atoms with Crippen LogP contribution in [0.15, 0.2) is 65.0 Å². The number of hydrogen-bond acceptors (Lipinski definition) is 8. The maximum absolute atomic E-state index is 12.8. The zero-order valence-electron chi connectivity index (χ0n) is 15.3. The minimum Gasteiger partial charge on any atom is -0.488 e. The molecule has 8 nitrogen and oxygen atoms in total. The van der Waals surface area contributed by atoms with Gasteiger partial charge in [-0.3, -0.25) is 20.3 Å². The quantitative estimate of drug-likeness (QED) is 0.340. The van der Waals surface area contributed by atoms with E-state index >= 15 is 0 Å². The molecule has 0 radical (unpaired) electrons. The van der Waals surface area contributed by atoms with Gasteiger partial charge in [-0.05, 0) is 29.5 Å². The number of nitro benzene ring substituents is 1. The van der Waals surface area contributed by atoms with Crippen molar-refractivity contribution in [2.75, 3.05) is 4.90 Å². The van der Waals surface area contributed by atoms with E-state index in [0.29, 0.717) is 16.4 Å². The number of nitrogens with one attached hydrogen (secondary N) is 1. The number of amides is 1. The summed E-state index contributed by atoms with van der Waals surface area (Å²) in [4.78, 5) is 29.1. The van der Waals surface area contributed by atoms with Crippen LogP contribution >= 0.6 is 23.1 Å². The van der Waals surface area contributed by atoms with Crippen molar-refractivity contribution < 1.29 is 14.5 Å². The Bertz CT molecular complexity index is 1150. The van der Waals surface area contributed by atoms with E-state index in [0.717, 1.165) is 17.3 Å². The second kappa shape index (κ2) is 8.47. The van der Waals surface area contributed by atoms with Gasteiger partial charge in [-0.15, -0.1) is 11.3 Å². The number of hydrogen-bond donors (Lipinski definition) is 1. The maximum atomic E-state index is 12.8. The zero-order chi connectivity index (χ0) is 21.1. The number of non-ortho nitro benzene ring substituents is 1. The standard InChI is InChI=1S/C20H14N4O4S2/c21-19-23(20-22-8-9-29-20)18(25)17(30-19)11-14-10-15(24(26)27)6-7-16(14)28-12-13-4-2-1-3-5-13/h1-11,21H,12H2. The van der Waals surface area contributed by atoms with Crippen LogP contribution in [0.5, 0.6) is 5.75 Å². The highest BCUT2D eigenvalue weighted by molar-refractivity contribution is 8.19.